The molecule has 0 saturated carbocycles. The zero-order valence-corrected chi connectivity index (χ0v) is 19.3. The number of aryl methyl sites for hydroxylation is 2. The van der Waals surface area contributed by atoms with E-state index in [1.807, 2.05) is 48.3 Å². The average Bonchev–Trinajstić information content (AvgIpc) is 2.82. The molecule has 0 bridgehead atoms. The van der Waals surface area contributed by atoms with Crippen molar-refractivity contribution in [2.45, 2.75) is 27.1 Å². The molecule has 0 unspecified atom stereocenters. The summed E-state index contributed by atoms with van der Waals surface area (Å²) in [5.74, 6) is -0.360. The van der Waals surface area contributed by atoms with E-state index in [0.29, 0.717) is 24.2 Å². The zero-order valence-electron chi connectivity index (χ0n) is 19.3. The highest BCUT2D eigenvalue weighted by molar-refractivity contribution is 5.94. The number of esters is 1. The summed E-state index contributed by atoms with van der Waals surface area (Å²) >= 11 is 0. The number of benzene rings is 3. The van der Waals surface area contributed by atoms with Gasteiger partial charge in [0, 0.05) is 17.5 Å². The average molecular weight is 442 g/mol. The number of fused-ring (bicyclic) bond motifs is 1. The number of methoxy groups -OCH3 is 1. The predicted octanol–water partition coefficient (Wildman–Crippen LogP) is 4.56. The number of aromatic nitrogens is 2. The van der Waals surface area contributed by atoms with Crippen molar-refractivity contribution < 1.29 is 9.53 Å². The van der Waals surface area contributed by atoms with E-state index in [4.69, 9.17) is 9.84 Å². The van der Waals surface area contributed by atoms with E-state index < -0.39 is 0 Å². The molecule has 6 nitrogen and oxygen atoms in total. The number of rotatable bonds is 6. The van der Waals surface area contributed by atoms with Gasteiger partial charge in [-0.1, -0.05) is 48.0 Å². The number of hydrogen-bond donors (Lipinski definition) is 0. The van der Waals surface area contributed by atoms with Crippen LogP contribution in [0.4, 0.5) is 0 Å². The normalized spacial score (nSPS) is 11.2. The van der Waals surface area contributed by atoms with Gasteiger partial charge < -0.3 is 4.74 Å². The van der Waals surface area contributed by atoms with Crippen LogP contribution < -0.4 is 5.56 Å². The molecule has 0 aliphatic rings. The third-order valence-electron chi connectivity index (χ3n) is 5.72. The van der Waals surface area contributed by atoms with Crippen molar-refractivity contribution in [2.75, 3.05) is 14.2 Å². The SMILES string of the molecule is COC(=O)c1ccc(CN(C)Cn2nc(-c3cc(C)ccc3C)c3ccccc3c2=O)cc1. The van der Waals surface area contributed by atoms with Crippen LogP contribution in [0, 0.1) is 13.8 Å². The molecule has 6 heteroatoms. The van der Waals surface area contributed by atoms with Crippen LogP contribution in [0.3, 0.4) is 0 Å². The maximum Gasteiger partial charge on any atom is 0.337 e. The van der Waals surface area contributed by atoms with Gasteiger partial charge in [-0.25, -0.2) is 9.48 Å². The molecule has 4 aromatic rings. The fourth-order valence-corrected chi connectivity index (χ4v) is 3.98. The fourth-order valence-electron chi connectivity index (χ4n) is 3.98. The summed E-state index contributed by atoms with van der Waals surface area (Å²) in [4.78, 5) is 26.9. The summed E-state index contributed by atoms with van der Waals surface area (Å²) in [7, 11) is 3.31. The Morgan fingerprint density at radius 3 is 2.39 bits per heavy atom. The third kappa shape index (κ3) is 4.71. The molecular weight excluding hydrogens is 414 g/mol. The molecule has 1 heterocycles. The Labute approximate surface area is 193 Å². The summed E-state index contributed by atoms with van der Waals surface area (Å²) in [6, 6.07) is 21.2. The molecule has 3 aromatic carbocycles. The van der Waals surface area contributed by atoms with Crippen LogP contribution >= 0.6 is 0 Å². The first kappa shape index (κ1) is 22.4. The van der Waals surface area contributed by atoms with Gasteiger partial charge in [-0.15, -0.1) is 0 Å². The van der Waals surface area contributed by atoms with Gasteiger partial charge in [0.2, 0.25) is 0 Å². The Balaban J connectivity index is 1.68. The van der Waals surface area contributed by atoms with Gasteiger partial charge in [0.1, 0.15) is 0 Å². The summed E-state index contributed by atoms with van der Waals surface area (Å²) in [5.41, 5.74) is 5.51. The highest BCUT2D eigenvalue weighted by Crippen LogP contribution is 2.28. The van der Waals surface area contributed by atoms with E-state index in [2.05, 4.69) is 32.0 Å². The Bertz CT molecular complexity index is 1370. The fraction of sp³-hybridized carbons (Fsp3) is 0.222. The lowest BCUT2D eigenvalue weighted by Gasteiger charge is -2.19. The summed E-state index contributed by atoms with van der Waals surface area (Å²) < 4.78 is 6.28. The molecule has 0 aliphatic carbocycles. The number of ether oxygens (including phenoxy) is 1. The minimum atomic E-state index is -0.360. The molecule has 0 spiro atoms. The standard InChI is InChI=1S/C27H27N3O3/c1-18-9-10-19(2)24(15-18)25-22-7-5-6-8-23(22)26(31)30(28-25)17-29(3)16-20-11-13-21(14-12-20)27(32)33-4/h5-15H,16-17H2,1-4H3. The highest BCUT2D eigenvalue weighted by atomic mass is 16.5. The van der Waals surface area contributed by atoms with E-state index in [9.17, 15) is 9.59 Å². The number of carbonyl (C=O) groups is 1. The lowest BCUT2D eigenvalue weighted by atomic mass is 9.99. The molecule has 0 saturated heterocycles. The highest BCUT2D eigenvalue weighted by Gasteiger charge is 2.15. The van der Waals surface area contributed by atoms with Gasteiger partial charge in [0.15, 0.2) is 0 Å². The van der Waals surface area contributed by atoms with Gasteiger partial charge in [-0.05, 0) is 56.3 Å². The van der Waals surface area contributed by atoms with Gasteiger partial charge in [0.25, 0.3) is 5.56 Å². The van der Waals surface area contributed by atoms with Crippen molar-refractivity contribution in [2.24, 2.45) is 0 Å². The smallest absolute Gasteiger partial charge is 0.337 e. The van der Waals surface area contributed by atoms with E-state index in [-0.39, 0.29) is 11.5 Å². The van der Waals surface area contributed by atoms with Crippen LogP contribution in [0.25, 0.3) is 22.0 Å². The van der Waals surface area contributed by atoms with Crippen LogP contribution in [0.5, 0.6) is 0 Å². The van der Waals surface area contributed by atoms with E-state index in [1.54, 1.807) is 12.1 Å². The second kappa shape index (κ2) is 9.38. The Morgan fingerprint density at radius 2 is 1.70 bits per heavy atom. The molecule has 0 N–H and O–H groups in total. The predicted molar refractivity (Wildman–Crippen MR) is 130 cm³/mol. The van der Waals surface area contributed by atoms with Crippen LogP contribution in [0.2, 0.25) is 0 Å². The summed E-state index contributed by atoms with van der Waals surface area (Å²) in [6.45, 7) is 5.05. The number of carbonyl (C=O) groups excluding carboxylic acids is 1. The first-order chi connectivity index (χ1) is 15.9. The molecule has 0 atom stereocenters. The van der Waals surface area contributed by atoms with Crippen LogP contribution in [0.1, 0.15) is 27.0 Å². The van der Waals surface area contributed by atoms with Crippen molar-refractivity contribution >= 4 is 16.7 Å². The molecule has 0 radical (unpaired) electrons. The van der Waals surface area contributed by atoms with Gasteiger partial charge in [-0.3, -0.25) is 9.69 Å². The van der Waals surface area contributed by atoms with Gasteiger partial charge in [-0.2, -0.15) is 5.10 Å². The zero-order chi connectivity index (χ0) is 23.5. The molecule has 1 aromatic heterocycles. The largest absolute Gasteiger partial charge is 0.465 e. The van der Waals surface area contributed by atoms with Gasteiger partial charge in [0.05, 0.1) is 30.4 Å². The van der Waals surface area contributed by atoms with Crippen LogP contribution in [0.15, 0.2) is 71.5 Å². The van der Waals surface area contributed by atoms with Crippen molar-refractivity contribution in [1.29, 1.82) is 0 Å². The third-order valence-corrected chi connectivity index (χ3v) is 5.72. The maximum absolute atomic E-state index is 13.2. The Morgan fingerprint density at radius 1 is 1.00 bits per heavy atom. The van der Waals surface area contributed by atoms with E-state index in [1.165, 1.54) is 11.8 Å². The van der Waals surface area contributed by atoms with Gasteiger partial charge >= 0.3 is 5.97 Å². The number of nitrogens with zero attached hydrogens (tertiary/aromatic N) is 3. The lowest BCUT2D eigenvalue weighted by molar-refractivity contribution is 0.0600. The molecule has 168 valence electrons. The Hall–Kier alpha value is -3.77. The van der Waals surface area contributed by atoms with Crippen molar-refractivity contribution in [3.8, 4) is 11.3 Å². The first-order valence-corrected chi connectivity index (χ1v) is 10.8. The summed E-state index contributed by atoms with van der Waals surface area (Å²) in [5, 5.41) is 6.31. The molecule has 0 aliphatic heterocycles. The second-order valence-corrected chi connectivity index (χ2v) is 8.36. The first-order valence-electron chi connectivity index (χ1n) is 10.8. The van der Waals surface area contributed by atoms with Crippen molar-refractivity contribution in [3.63, 3.8) is 0 Å². The minimum absolute atomic E-state index is 0.118. The molecular formula is C27H27N3O3. The summed E-state index contributed by atoms with van der Waals surface area (Å²) in [6.07, 6.45) is 0. The monoisotopic (exact) mass is 441 g/mol. The molecule has 4 rings (SSSR count). The van der Waals surface area contributed by atoms with Crippen LogP contribution in [-0.2, 0) is 18.0 Å². The Kier molecular flexibility index (Phi) is 6.38. The van der Waals surface area contributed by atoms with E-state index >= 15 is 0 Å². The van der Waals surface area contributed by atoms with Crippen molar-refractivity contribution in [3.05, 3.63) is 99.3 Å². The topological polar surface area (TPSA) is 64.4 Å². The van der Waals surface area contributed by atoms with Crippen LogP contribution in [-0.4, -0.2) is 34.8 Å². The quantitative estimate of drug-likeness (QED) is 0.411. The molecule has 0 amide bonds. The molecule has 33 heavy (non-hydrogen) atoms. The maximum atomic E-state index is 13.2. The van der Waals surface area contributed by atoms with Crippen molar-refractivity contribution in [1.82, 2.24) is 14.7 Å². The number of hydrogen-bond acceptors (Lipinski definition) is 5. The minimum Gasteiger partial charge on any atom is -0.465 e. The molecule has 0 fully saturated rings. The second-order valence-electron chi connectivity index (χ2n) is 8.36. The van der Waals surface area contributed by atoms with E-state index in [0.717, 1.165) is 33.3 Å². The lowest BCUT2D eigenvalue weighted by Crippen LogP contribution is -2.32.